The Morgan fingerprint density at radius 2 is 1.26 bits per heavy atom. The van der Waals surface area contributed by atoms with Gasteiger partial charge >= 0.3 is 0 Å². The van der Waals surface area contributed by atoms with E-state index in [1.807, 2.05) is 97.0 Å². The largest absolute Gasteiger partial charge is 0.401 e. The predicted octanol–water partition coefficient (Wildman–Crippen LogP) is 5.43. The number of allylic oxidation sites excluding steroid dienone is 1. The molecule has 57 heavy (non-hydrogen) atoms. The molecular formula is C41H77N9O7. The zero-order valence-electron chi connectivity index (χ0n) is 36.8. The van der Waals surface area contributed by atoms with Crippen molar-refractivity contribution >= 4 is 43.0 Å². The molecule has 0 spiro atoms. The van der Waals surface area contributed by atoms with Gasteiger partial charge in [0.2, 0.25) is 12.3 Å². The van der Waals surface area contributed by atoms with Gasteiger partial charge in [-0.3, -0.25) is 9.59 Å². The molecule has 2 aromatic rings. The smallest absolute Gasteiger partial charge is 0.234 e. The summed E-state index contributed by atoms with van der Waals surface area (Å²) in [6.45, 7) is 25.8. The lowest BCUT2D eigenvalue weighted by Gasteiger charge is -2.17. The first kappa shape index (κ1) is 61.5. The van der Waals surface area contributed by atoms with Crippen LogP contribution in [0.4, 0.5) is 17.1 Å². The van der Waals surface area contributed by atoms with Gasteiger partial charge in [-0.15, -0.1) is 0 Å². The number of likely N-dealkylation sites (N-methyl/N-ethyl adjacent to an activating group) is 1. The topological polar surface area (TPSA) is 229 Å². The number of rotatable bonds is 19. The predicted molar refractivity (Wildman–Crippen MR) is 235 cm³/mol. The second-order valence-electron chi connectivity index (χ2n) is 12.7. The number of nitrogens with one attached hydrogen (secondary N) is 2. The Morgan fingerprint density at radius 1 is 0.842 bits per heavy atom. The summed E-state index contributed by atoms with van der Waals surface area (Å²) in [6, 6.07) is 16.0. The first-order chi connectivity index (χ1) is 27.2. The standard InChI is InChI=1S/C16H34N2O4.C15H17N3.C5H13N3.C2H6.CH3NO.2CH2O/c1-16(2,3)6-5-8-20-10-12-22-13-11-21-9-7-18-15(19)14-17-4;1-12-4-6-13(7-5-12)16-17-14-8-10-15(11-9-14)18(2)3;1-3-8(7)4-5(2)6;1-2;2-1-3;2*1-2/h17H,5-14H2,1-4H3,(H,18,19);4-11H,1-3H3;4H,3,6-7H2,1-2H3;1-2H3;1H,(H2,2,3);2*1H2/b;;5-4-;;;;. The fourth-order valence-corrected chi connectivity index (χ4v) is 3.63. The molecule has 0 aromatic heterocycles. The quantitative estimate of drug-likeness (QED) is 0.0393. The lowest BCUT2D eigenvalue weighted by molar-refractivity contribution is -0.120. The van der Waals surface area contributed by atoms with E-state index in [1.165, 1.54) is 17.0 Å². The summed E-state index contributed by atoms with van der Waals surface area (Å²) < 4.78 is 16.2. The van der Waals surface area contributed by atoms with Crippen LogP contribution in [0.1, 0.15) is 66.9 Å². The highest BCUT2D eigenvalue weighted by molar-refractivity contribution is 5.77. The van der Waals surface area contributed by atoms with E-state index in [4.69, 9.17) is 40.2 Å². The average molecular weight is 808 g/mol. The highest BCUT2D eigenvalue weighted by Crippen LogP contribution is 2.22. The molecule has 328 valence electrons. The molecule has 0 atom stereocenters. The number of primary amides is 1. The molecule has 8 N–H and O–H groups in total. The third kappa shape index (κ3) is 49.2. The van der Waals surface area contributed by atoms with Crippen LogP contribution in [0, 0.1) is 12.3 Å². The molecule has 16 heteroatoms. The maximum atomic E-state index is 11.1. The van der Waals surface area contributed by atoms with Crippen LogP contribution in [0.3, 0.4) is 0 Å². The number of anilines is 1. The lowest BCUT2D eigenvalue weighted by atomic mass is 9.91. The van der Waals surface area contributed by atoms with Crippen LogP contribution in [0.15, 0.2) is 70.7 Å². The molecule has 0 heterocycles. The molecule has 16 nitrogen and oxygen atoms in total. The van der Waals surface area contributed by atoms with Gasteiger partial charge < -0.3 is 55.8 Å². The Morgan fingerprint density at radius 3 is 1.63 bits per heavy atom. The summed E-state index contributed by atoms with van der Waals surface area (Å²) in [6.07, 6.45) is 4.21. The van der Waals surface area contributed by atoms with Gasteiger partial charge in [-0.1, -0.05) is 52.3 Å². The summed E-state index contributed by atoms with van der Waals surface area (Å²) in [5, 5.41) is 15.5. The van der Waals surface area contributed by atoms with E-state index < -0.39 is 0 Å². The van der Waals surface area contributed by atoms with E-state index in [0.717, 1.165) is 42.3 Å². The van der Waals surface area contributed by atoms with Gasteiger partial charge in [0.1, 0.15) is 13.6 Å². The van der Waals surface area contributed by atoms with Crippen molar-refractivity contribution < 1.29 is 33.4 Å². The van der Waals surface area contributed by atoms with E-state index >= 15 is 0 Å². The first-order valence-corrected chi connectivity index (χ1v) is 18.8. The van der Waals surface area contributed by atoms with Gasteiger partial charge in [-0.2, -0.15) is 10.2 Å². The van der Waals surface area contributed by atoms with Crippen LogP contribution in [-0.4, -0.2) is 111 Å². The molecular weight excluding hydrogens is 731 g/mol. The van der Waals surface area contributed by atoms with Gasteiger partial charge in [-0.25, -0.2) is 5.84 Å². The number of hydrogen-bond acceptors (Lipinski definition) is 14. The Labute approximate surface area is 343 Å². The molecule has 0 bridgehead atoms. The molecule has 0 radical (unpaired) electrons. The monoisotopic (exact) mass is 808 g/mol. The number of nitrogens with zero attached hydrogens (tertiary/aromatic N) is 4. The maximum Gasteiger partial charge on any atom is 0.234 e. The lowest BCUT2D eigenvalue weighted by Crippen LogP contribution is -2.34. The van der Waals surface area contributed by atoms with Crippen molar-refractivity contribution in [3.8, 4) is 0 Å². The highest BCUT2D eigenvalue weighted by Gasteiger charge is 2.08. The van der Waals surface area contributed by atoms with Gasteiger partial charge in [0.25, 0.3) is 0 Å². The summed E-state index contributed by atoms with van der Waals surface area (Å²) in [5.41, 5.74) is 14.7. The number of nitrogens with two attached hydrogens (primary N) is 3. The molecule has 0 saturated carbocycles. The van der Waals surface area contributed by atoms with E-state index in [2.05, 4.69) is 59.2 Å². The third-order valence-corrected chi connectivity index (χ3v) is 6.28. The summed E-state index contributed by atoms with van der Waals surface area (Å²) >= 11 is 0. The first-order valence-electron chi connectivity index (χ1n) is 18.8. The van der Waals surface area contributed by atoms with Gasteiger partial charge in [-0.05, 0) is 82.5 Å². The molecule has 2 amide bonds. The number of benzene rings is 2. The number of aryl methyl sites for hydroxylation is 1. The van der Waals surface area contributed by atoms with Crippen LogP contribution in [0.5, 0.6) is 0 Å². The molecule has 0 aliphatic heterocycles. The van der Waals surface area contributed by atoms with Crippen LogP contribution < -0.4 is 32.8 Å². The molecule has 0 aliphatic carbocycles. The van der Waals surface area contributed by atoms with Gasteiger partial charge in [0.05, 0.1) is 51.0 Å². The highest BCUT2D eigenvalue weighted by atomic mass is 16.5. The van der Waals surface area contributed by atoms with E-state index in [1.54, 1.807) is 20.2 Å². The van der Waals surface area contributed by atoms with Crippen LogP contribution in [0.2, 0.25) is 0 Å². The Balaban J connectivity index is -0.000000229. The Kier molecular flexibility index (Phi) is 49.2. The third-order valence-electron chi connectivity index (χ3n) is 6.28. The summed E-state index contributed by atoms with van der Waals surface area (Å²) in [5.74, 6) is 5.33. The molecule has 0 fully saturated rings. The summed E-state index contributed by atoms with van der Waals surface area (Å²) in [4.78, 5) is 37.8. The fourth-order valence-electron chi connectivity index (χ4n) is 3.63. The Bertz CT molecular complexity index is 1220. The van der Waals surface area contributed by atoms with Gasteiger partial charge in [0, 0.05) is 51.4 Å². The van der Waals surface area contributed by atoms with Crippen LogP contribution in [-0.2, 0) is 33.4 Å². The minimum absolute atomic E-state index is 0.0223. The van der Waals surface area contributed by atoms with Crippen molar-refractivity contribution in [3.05, 3.63) is 66.0 Å². The molecule has 2 aromatic carbocycles. The SMILES string of the molecule is C=O.C=O.CC.CCN(N)/C=C(/C)N.CNCC(=O)NCCOCCOCCOCCCC(C)(C)C.Cc1ccc(N=Nc2ccc(N(C)C)cc2)cc1.NC=O. The maximum absolute atomic E-state index is 11.1. The number of carbonyl (C=O) groups excluding carboxylic acids is 4. The zero-order chi connectivity index (χ0) is 44.9. The molecule has 0 saturated heterocycles. The van der Waals surface area contributed by atoms with E-state index in [-0.39, 0.29) is 12.3 Å². The second-order valence-corrected chi connectivity index (χ2v) is 12.7. The van der Waals surface area contributed by atoms with E-state index in [9.17, 15) is 4.79 Å². The number of amides is 2. The zero-order valence-corrected chi connectivity index (χ0v) is 36.8. The number of ether oxygens (including phenoxy) is 3. The van der Waals surface area contributed by atoms with Crippen LogP contribution in [0.25, 0.3) is 0 Å². The number of azo groups is 1. The van der Waals surface area contributed by atoms with Crippen LogP contribution >= 0.6 is 0 Å². The van der Waals surface area contributed by atoms with Crippen molar-refractivity contribution in [2.24, 2.45) is 33.0 Å². The Hall–Kier alpha value is -4.74. The van der Waals surface area contributed by atoms with Crippen molar-refractivity contribution in [3.63, 3.8) is 0 Å². The van der Waals surface area contributed by atoms with Gasteiger partial charge in [0.15, 0.2) is 0 Å². The number of carbonyl (C=O) groups is 4. The number of hydrazine groups is 1. The number of hydrogen-bond donors (Lipinski definition) is 5. The molecule has 2 rings (SSSR count). The van der Waals surface area contributed by atoms with E-state index in [0.29, 0.717) is 51.5 Å². The fraction of sp³-hybridized carbons (Fsp3) is 0.561. The van der Waals surface area contributed by atoms with Crippen molar-refractivity contribution in [1.82, 2.24) is 15.6 Å². The second kappa shape index (κ2) is 45.6. The van der Waals surface area contributed by atoms with Crippen molar-refractivity contribution in [2.75, 3.05) is 85.3 Å². The molecule has 0 unspecified atom stereocenters. The van der Waals surface area contributed by atoms with Crippen molar-refractivity contribution in [2.45, 2.75) is 68.2 Å². The minimum Gasteiger partial charge on any atom is -0.401 e. The summed E-state index contributed by atoms with van der Waals surface area (Å²) in [7, 11) is 5.77. The average Bonchev–Trinajstić information content (AvgIpc) is 3.19. The minimum atomic E-state index is -0.0223. The van der Waals surface area contributed by atoms with Crippen molar-refractivity contribution in [1.29, 1.82) is 0 Å². The molecule has 0 aliphatic rings. The normalized spacial score (nSPS) is 10.0.